The van der Waals surface area contributed by atoms with Crippen LogP contribution in [0.4, 0.5) is 0 Å². The number of esters is 1. The summed E-state index contributed by atoms with van der Waals surface area (Å²) in [4.78, 5) is 20.9. The normalized spacial score (nSPS) is 15.7. The zero-order chi connectivity index (χ0) is 18.1. The van der Waals surface area contributed by atoms with Crippen LogP contribution in [0.25, 0.3) is 0 Å². The Morgan fingerprint density at radius 2 is 1.83 bits per heavy atom. The number of phosphoric ester groups is 1. The van der Waals surface area contributed by atoms with Crippen LogP contribution in [-0.2, 0) is 27.9 Å². The first kappa shape index (κ1) is 22.2. The second-order valence-corrected chi connectivity index (χ2v) is 7.42. The molecule has 23 heavy (non-hydrogen) atoms. The minimum atomic E-state index is -4.07. The maximum atomic E-state index is 11.6. The summed E-state index contributed by atoms with van der Waals surface area (Å²) in [5.41, 5.74) is 0.347. The molecule has 0 aliphatic rings. The SMILES string of the molecule is C=C(C)C(=O)OC(C)C[N+](C)(C)CCOP(=O)(O)OCCOC. The number of hydrogen-bond donors (Lipinski definition) is 1. The summed E-state index contributed by atoms with van der Waals surface area (Å²) in [5.74, 6) is -0.430. The van der Waals surface area contributed by atoms with Crippen LogP contribution in [0.5, 0.6) is 0 Å². The van der Waals surface area contributed by atoms with Crippen LogP contribution in [0.3, 0.4) is 0 Å². The van der Waals surface area contributed by atoms with E-state index in [2.05, 4.69) is 6.58 Å². The molecule has 9 heteroatoms. The van der Waals surface area contributed by atoms with Crippen LogP contribution in [0.1, 0.15) is 13.8 Å². The molecule has 0 heterocycles. The summed E-state index contributed by atoms with van der Waals surface area (Å²) in [6.07, 6.45) is -0.312. The summed E-state index contributed by atoms with van der Waals surface area (Å²) < 4.78 is 31.6. The van der Waals surface area contributed by atoms with E-state index >= 15 is 0 Å². The van der Waals surface area contributed by atoms with Crippen molar-refractivity contribution in [1.29, 1.82) is 0 Å². The van der Waals surface area contributed by atoms with Gasteiger partial charge in [0.05, 0.1) is 27.3 Å². The van der Waals surface area contributed by atoms with Crippen LogP contribution in [0, 0.1) is 0 Å². The van der Waals surface area contributed by atoms with Gasteiger partial charge < -0.3 is 18.9 Å². The molecule has 1 N–H and O–H groups in total. The van der Waals surface area contributed by atoms with E-state index < -0.39 is 13.8 Å². The van der Waals surface area contributed by atoms with Gasteiger partial charge in [0.2, 0.25) is 0 Å². The van der Waals surface area contributed by atoms with Gasteiger partial charge in [0.1, 0.15) is 25.8 Å². The van der Waals surface area contributed by atoms with E-state index in [4.69, 9.17) is 18.5 Å². The minimum absolute atomic E-state index is 0.0174. The number of likely N-dealkylation sites (N-methyl/N-ethyl adjacent to an activating group) is 1. The lowest BCUT2D eigenvalue weighted by Crippen LogP contribution is -2.47. The Morgan fingerprint density at radius 3 is 2.35 bits per heavy atom. The predicted molar refractivity (Wildman–Crippen MR) is 85.8 cm³/mol. The molecule has 0 amide bonds. The number of rotatable bonds is 12. The summed E-state index contributed by atoms with van der Waals surface area (Å²) >= 11 is 0. The van der Waals surface area contributed by atoms with Crippen LogP contribution < -0.4 is 0 Å². The average molecular weight is 354 g/mol. The first-order valence-electron chi connectivity index (χ1n) is 7.28. The Morgan fingerprint density at radius 1 is 1.26 bits per heavy atom. The number of nitrogens with zero attached hydrogens (tertiary/aromatic N) is 1. The van der Waals surface area contributed by atoms with Crippen molar-refractivity contribution in [3.05, 3.63) is 12.2 Å². The molecule has 0 aromatic heterocycles. The Balaban J connectivity index is 4.19. The van der Waals surface area contributed by atoms with Gasteiger partial charge in [-0.05, 0) is 13.8 Å². The summed E-state index contributed by atoms with van der Waals surface area (Å²) in [6.45, 7) is 8.11. The van der Waals surface area contributed by atoms with Crippen LogP contribution in [0.15, 0.2) is 12.2 Å². The van der Waals surface area contributed by atoms with Gasteiger partial charge in [-0.3, -0.25) is 9.05 Å². The highest BCUT2D eigenvalue weighted by Gasteiger charge is 2.25. The molecule has 0 saturated heterocycles. The molecular formula is C14H29NO7P+. The molecule has 0 rings (SSSR count). The molecule has 0 spiro atoms. The molecule has 0 aliphatic carbocycles. The first-order valence-corrected chi connectivity index (χ1v) is 8.78. The Labute approximate surface area is 138 Å². The number of phosphoric acid groups is 1. The standard InChI is InChI=1S/C14H28NO7P/c1-12(2)14(16)22-13(3)11-15(4,5)7-8-20-23(17,18)21-10-9-19-6/h13H,1,7-11H2,2-6H3/p+1. The number of carbonyl (C=O) groups excluding carboxylic acids is 1. The molecule has 136 valence electrons. The second-order valence-electron chi connectivity index (χ2n) is 5.97. The van der Waals surface area contributed by atoms with Gasteiger partial charge >= 0.3 is 13.8 Å². The van der Waals surface area contributed by atoms with Gasteiger partial charge in [0, 0.05) is 12.7 Å². The molecule has 0 bridgehead atoms. The third-order valence-corrected chi connectivity index (χ3v) is 3.92. The van der Waals surface area contributed by atoms with E-state index in [1.54, 1.807) is 13.8 Å². The molecular weight excluding hydrogens is 325 g/mol. The number of quaternary nitrogens is 1. The monoisotopic (exact) mass is 354 g/mol. The van der Waals surface area contributed by atoms with Gasteiger partial charge in [0.25, 0.3) is 0 Å². The third kappa shape index (κ3) is 11.4. The summed E-state index contributed by atoms with van der Waals surface area (Å²) in [7, 11) is 1.21. The van der Waals surface area contributed by atoms with E-state index in [9.17, 15) is 14.3 Å². The van der Waals surface area contributed by atoms with Crippen LogP contribution in [-0.4, -0.2) is 75.6 Å². The fourth-order valence-electron chi connectivity index (χ4n) is 1.78. The van der Waals surface area contributed by atoms with Gasteiger partial charge in [0.15, 0.2) is 0 Å². The van der Waals surface area contributed by atoms with Crippen LogP contribution in [0.2, 0.25) is 0 Å². The molecule has 8 nitrogen and oxygen atoms in total. The van der Waals surface area contributed by atoms with E-state index in [0.717, 1.165) is 0 Å². The predicted octanol–water partition coefficient (Wildman–Crippen LogP) is 1.35. The number of hydrogen-bond acceptors (Lipinski definition) is 6. The minimum Gasteiger partial charge on any atom is -0.453 e. The van der Waals surface area contributed by atoms with Crippen molar-refractivity contribution in [3.63, 3.8) is 0 Å². The van der Waals surface area contributed by atoms with Crippen LogP contribution >= 0.6 is 7.82 Å². The van der Waals surface area contributed by atoms with Crippen molar-refractivity contribution in [2.75, 3.05) is 54.1 Å². The quantitative estimate of drug-likeness (QED) is 0.186. The Hall–Kier alpha value is -0.760. The van der Waals surface area contributed by atoms with E-state index in [0.29, 0.717) is 23.1 Å². The number of methoxy groups -OCH3 is 1. The maximum absolute atomic E-state index is 11.6. The van der Waals surface area contributed by atoms with Gasteiger partial charge in [-0.25, -0.2) is 9.36 Å². The van der Waals surface area contributed by atoms with Gasteiger partial charge in [-0.1, -0.05) is 6.58 Å². The average Bonchev–Trinajstić information content (AvgIpc) is 2.36. The number of carbonyl (C=O) groups is 1. The molecule has 2 unspecified atom stereocenters. The third-order valence-electron chi connectivity index (χ3n) is 2.90. The van der Waals surface area contributed by atoms with E-state index in [-0.39, 0.29) is 25.9 Å². The zero-order valence-electron chi connectivity index (χ0n) is 14.6. The molecule has 0 aromatic carbocycles. The first-order chi connectivity index (χ1) is 10.5. The molecule has 0 aromatic rings. The lowest BCUT2D eigenvalue weighted by molar-refractivity contribution is -0.893. The molecule has 0 aliphatic heterocycles. The van der Waals surface area contributed by atoms with Crippen molar-refractivity contribution in [3.8, 4) is 0 Å². The topological polar surface area (TPSA) is 91.3 Å². The van der Waals surface area contributed by atoms with Crippen molar-refractivity contribution < 1.29 is 37.3 Å². The maximum Gasteiger partial charge on any atom is 0.472 e. The molecule has 0 radical (unpaired) electrons. The highest BCUT2D eigenvalue weighted by Crippen LogP contribution is 2.42. The highest BCUT2D eigenvalue weighted by atomic mass is 31.2. The smallest absolute Gasteiger partial charge is 0.453 e. The van der Waals surface area contributed by atoms with Crippen molar-refractivity contribution in [2.24, 2.45) is 0 Å². The lowest BCUT2D eigenvalue weighted by Gasteiger charge is -2.32. The fraction of sp³-hybridized carbons (Fsp3) is 0.786. The Bertz CT molecular complexity index is 439. The largest absolute Gasteiger partial charge is 0.472 e. The highest BCUT2D eigenvalue weighted by molar-refractivity contribution is 7.47. The van der Waals surface area contributed by atoms with Crippen molar-refractivity contribution in [1.82, 2.24) is 0 Å². The lowest BCUT2D eigenvalue weighted by atomic mass is 10.3. The van der Waals surface area contributed by atoms with Gasteiger partial charge in [-0.15, -0.1) is 0 Å². The number of ether oxygens (including phenoxy) is 2. The fourth-order valence-corrected chi connectivity index (χ4v) is 2.48. The van der Waals surface area contributed by atoms with Gasteiger partial charge in [-0.2, -0.15) is 0 Å². The van der Waals surface area contributed by atoms with E-state index in [1.807, 2.05) is 14.1 Å². The molecule has 0 fully saturated rings. The summed E-state index contributed by atoms with van der Waals surface area (Å²) in [5, 5.41) is 0. The molecule has 0 saturated carbocycles. The molecule has 2 atom stereocenters. The Kier molecular flexibility index (Phi) is 9.84. The zero-order valence-corrected chi connectivity index (χ0v) is 15.5. The van der Waals surface area contributed by atoms with Crippen molar-refractivity contribution in [2.45, 2.75) is 20.0 Å². The second kappa shape index (κ2) is 10.2. The van der Waals surface area contributed by atoms with E-state index in [1.165, 1.54) is 7.11 Å². The summed E-state index contributed by atoms with van der Waals surface area (Å²) in [6, 6.07) is 0. The van der Waals surface area contributed by atoms with Crippen molar-refractivity contribution >= 4 is 13.8 Å².